The van der Waals surface area contributed by atoms with Gasteiger partial charge in [0.2, 0.25) is 0 Å². The fraction of sp³-hybridized carbons (Fsp3) is 0.0727. The van der Waals surface area contributed by atoms with Crippen LogP contribution in [-0.4, -0.2) is 15.0 Å². The molecular formula is C55H39N3. The molecule has 0 aliphatic heterocycles. The third-order valence-corrected chi connectivity index (χ3v) is 12.2. The van der Waals surface area contributed by atoms with Crippen LogP contribution in [0.3, 0.4) is 0 Å². The van der Waals surface area contributed by atoms with Crippen LogP contribution in [0, 0.1) is 0 Å². The van der Waals surface area contributed by atoms with Gasteiger partial charge in [-0.25, -0.2) is 15.0 Å². The van der Waals surface area contributed by atoms with Crippen LogP contribution in [0.15, 0.2) is 194 Å². The summed E-state index contributed by atoms with van der Waals surface area (Å²) in [4.78, 5) is 15.6. The summed E-state index contributed by atoms with van der Waals surface area (Å²) in [5.74, 6) is 1.94. The summed E-state index contributed by atoms with van der Waals surface area (Å²) in [5, 5.41) is 4.66. The highest BCUT2D eigenvalue weighted by Gasteiger charge is 2.54. The molecule has 2 aliphatic carbocycles. The van der Waals surface area contributed by atoms with Crippen molar-refractivity contribution in [1.29, 1.82) is 0 Å². The monoisotopic (exact) mass is 741 g/mol. The van der Waals surface area contributed by atoms with Crippen LogP contribution in [-0.2, 0) is 5.41 Å². The first-order chi connectivity index (χ1) is 28.6. The number of hydrogen-bond acceptors (Lipinski definition) is 3. The molecule has 0 saturated carbocycles. The van der Waals surface area contributed by atoms with E-state index in [1.807, 2.05) is 0 Å². The Hall–Kier alpha value is -7.23. The lowest BCUT2D eigenvalue weighted by Gasteiger charge is -2.32. The van der Waals surface area contributed by atoms with Crippen LogP contribution in [0.1, 0.15) is 42.5 Å². The molecule has 9 aromatic rings. The predicted molar refractivity (Wildman–Crippen MR) is 240 cm³/mol. The van der Waals surface area contributed by atoms with E-state index in [0.29, 0.717) is 17.5 Å². The number of benzene rings is 8. The SMILES string of the molecule is C/C=C1\C(=C/CC)c2ccccc2C12c1ccccc1-c1cccc(-c3cccc(-c4nc(-c5ccc6ccccc6c5)nc(-c5ccc6ccccc6c5)n4)c3)c12. The number of aromatic nitrogens is 3. The van der Waals surface area contributed by atoms with E-state index in [-0.39, 0.29) is 0 Å². The molecule has 58 heavy (non-hydrogen) atoms. The molecule has 1 atom stereocenters. The van der Waals surface area contributed by atoms with Crippen LogP contribution in [0.2, 0.25) is 0 Å². The van der Waals surface area contributed by atoms with Gasteiger partial charge in [-0.2, -0.15) is 0 Å². The molecule has 0 fully saturated rings. The van der Waals surface area contributed by atoms with Crippen molar-refractivity contribution in [2.75, 3.05) is 0 Å². The summed E-state index contributed by atoms with van der Waals surface area (Å²) in [5.41, 5.74) is 15.3. The topological polar surface area (TPSA) is 38.7 Å². The molecule has 0 saturated heterocycles. The van der Waals surface area contributed by atoms with E-state index >= 15 is 0 Å². The van der Waals surface area contributed by atoms with Gasteiger partial charge in [0.15, 0.2) is 17.5 Å². The number of nitrogens with zero attached hydrogens (tertiary/aromatic N) is 3. The summed E-state index contributed by atoms with van der Waals surface area (Å²) in [6, 6.07) is 63.4. The summed E-state index contributed by atoms with van der Waals surface area (Å²) in [7, 11) is 0. The first-order valence-corrected chi connectivity index (χ1v) is 20.2. The maximum atomic E-state index is 5.23. The summed E-state index contributed by atoms with van der Waals surface area (Å²) in [6.45, 7) is 4.44. The maximum absolute atomic E-state index is 5.23. The van der Waals surface area contributed by atoms with Gasteiger partial charge in [-0.3, -0.25) is 0 Å². The number of fused-ring (bicyclic) bond motifs is 9. The molecule has 0 radical (unpaired) electrons. The molecule has 1 heterocycles. The normalized spacial score (nSPS) is 16.7. The van der Waals surface area contributed by atoms with Crippen molar-refractivity contribution in [3.63, 3.8) is 0 Å². The van der Waals surface area contributed by atoms with Gasteiger partial charge in [0.25, 0.3) is 0 Å². The van der Waals surface area contributed by atoms with Gasteiger partial charge in [0, 0.05) is 16.7 Å². The zero-order chi connectivity index (χ0) is 38.8. The molecule has 0 amide bonds. The predicted octanol–water partition coefficient (Wildman–Crippen LogP) is 13.9. The molecule has 3 heteroatoms. The average molecular weight is 742 g/mol. The number of hydrogen-bond donors (Lipinski definition) is 0. The van der Waals surface area contributed by atoms with Gasteiger partial charge in [-0.15, -0.1) is 0 Å². The summed E-state index contributed by atoms with van der Waals surface area (Å²) < 4.78 is 0. The standard InChI is InChI=1S/C55H39N3/c1-3-15-44-45-22-9-11-26-49(45)55(48(44)4-2)50-27-12-10-23-46(50)47-25-14-24-43(51(47)55)39-20-13-21-40(34-39)52-56-53(41-30-28-35-16-5-7-18-37(35)32-41)58-54(57-52)42-31-29-36-17-6-8-19-38(36)33-42/h4-34H,3H2,1-2H3/b44-15-,48-4+. The molecule has 1 aromatic heterocycles. The third-order valence-electron chi connectivity index (χ3n) is 12.2. The van der Waals surface area contributed by atoms with Gasteiger partial charge in [0.1, 0.15) is 0 Å². The molecule has 11 rings (SSSR count). The molecule has 3 nitrogen and oxygen atoms in total. The van der Waals surface area contributed by atoms with E-state index < -0.39 is 5.41 Å². The molecule has 2 aliphatic rings. The highest BCUT2D eigenvalue weighted by Crippen LogP contribution is 2.65. The van der Waals surface area contributed by atoms with Crippen molar-refractivity contribution in [3.8, 4) is 56.4 Å². The second-order valence-corrected chi connectivity index (χ2v) is 15.3. The second-order valence-electron chi connectivity index (χ2n) is 15.3. The van der Waals surface area contributed by atoms with Crippen molar-refractivity contribution in [2.45, 2.75) is 25.7 Å². The Balaban J connectivity index is 1.13. The fourth-order valence-corrected chi connectivity index (χ4v) is 9.74. The first-order valence-electron chi connectivity index (χ1n) is 20.2. The van der Waals surface area contributed by atoms with Crippen LogP contribution in [0.4, 0.5) is 0 Å². The zero-order valence-electron chi connectivity index (χ0n) is 32.4. The zero-order valence-corrected chi connectivity index (χ0v) is 32.4. The van der Waals surface area contributed by atoms with Gasteiger partial charge in [-0.1, -0.05) is 177 Å². The molecule has 274 valence electrons. The quantitative estimate of drug-likeness (QED) is 0.176. The molecule has 8 aromatic carbocycles. The Kier molecular flexibility index (Phi) is 7.90. The van der Waals surface area contributed by atoms with Crippen LogP contribution >= 0.6 is 0 Å². The molecule has 1 unspecified atom stereocenters. The van der Waals surface area contributed by atoms with Crippen LogP contribution < -0.4 is 0 Å². The minimum Gasteiger partial charge on any atom is -0.208 e. The molecule has 1 spiro atoms. The lowest BCUT2D eigenvalue weighted by molar-refractivity contribution is 0.794. The summed E-state index contributed by atoms with van der Waals surface area (Å²) in [6.07, 6.45) is 5.73. The van der Waals surface area contributed by atoms with Gasteiger partial charge >= 0.3 is 0 Å². The van der Waals surface area contributed by atoms with Crippen LogP contribution in [0.5, 0.6) is 0 Å². The Bertz CT molecular complexity index is 3090. The highest BCUT2D eigenvalue weighted by molar-refractivity contribution is 6.02. The van der Waals surface area contributed by atoms with Crippen molar-refractivity contribution in [2.24, 2.45) is 0 Å². The highest BCUT2D eigenvalue weighted by atomic mass is 15.0. The lowest BCUT2D eigenvalue weighted by atomic mass is 9.68. The van der Waals surface area contributed by atoms with Crippen molar-refractivity contribution >= 4 is 27.1 Å². The van der Waals surface area contributed by atoms with E-state index in [4.69, 9.17) is 15.0 Å². The van der Waals surface area contributed by atoms with E-state index in [1.54, 1.807) is 0 Å². The maximum Gasteiger partial charge on any atom is 0.164 e. The lowest BCUT2D eigenvalue weighted by Crippen LogP contribution is -2.26. The molecular weight excluding hydrogens is 703 g/mol. The average Bonchev–Trinajstić information content (AvgIpc) is 3.75. The van der Waals surface area contributed by atoms with E-state index in [0.717, 1.165) is 39.4 Å². The minimum absolute atomic E-state index is 0.454. The summed E-state index contributed by atoms with van der Waals surface area (Å²) >= 11 is 0. The van der Waals surface area contributed by atoms with E-state index in [2.05, 4.69) is 202 Å². The van der Waals surface area contributed by atoms with Gasteiger partial charge in [0.05, 0.1) is 5.41 Å². The van der Waals surface area contributed by atoms with Gasteiger partial charge in [-0.05, 0) is 109 Å². The largest absolute Gasteiger partial charge is 0.208 e. The minimum atomic E-state index is -0.454. The van der Waals surface area contributed by atoms with E-state index in [1.165, 1.54) is 60.9 Å². The Labute approximate surface area is 338 Å². The number of allylic oxidation sites excluding steroid dienone is 4. The first kappa shape index (κ1) is 34.1. The van der Waals surface area contributed by atoms with Crippen molar-refractivity contribution in [1.82, 2.24) is 15.0 Å². The van der Waals surface area contributed by atoms with E-state index in [9.17, 15) is 0 Å². The fourth-order valence-electron chi connectivity index (χ4n) is 9.74. The Morgan fingerprint density at radius 1 is 0.431 bits per heavy atom. The second kappa shape index (κ2) is 13.5. The Morgan fingerprint density at radius 3 is 1.53 bits per heavy atom. The molecule has 0 bridgehead atoms. The van der Waals surface area contributed by atoms with Gasteiger partial charge < -0.3 is 0 Å². The van der Waals surface area contributed by atoms with Crippen molar-refractivity contribution in [3.05, 3.63) is 216 Å². The Morgan fingerprint density at radius 2 is 0.914 bits per heavy atom. The third kappa shape index (κ3) is 5.10. The van der Waals surface area contributed by atoms with Crippen LogP contribution in [0.25, 0.3) is 83.5 Å². The smallest absolute Gasteiger partial charge is 0.164 e. The van der Waals surface area contributed by atoms with Crippen molar-refractivity contribution < 1.29 is 0 Å². The molecule has 0 N–H and O–H groups in total. The number of rotatable bonds is 5.